The molecule has 70 valence electrons. The zero-order chi connectivity index (χ0) is 8.55. The lowest BCUT2D eigenvalue weighted by atomic mass is 9.84. The van der Waals surface area contributed by atoms with Gasteiger partial charge >= 0.3 is 0 Å². The summed E-state index contributed by atoms with van der Waals surface area (Å²) in [7, 11) is 0. The Morgan fingerprint density at radius 3 is 2.75 bits per heavy atom. The van der Waals surface area contributed by atoms with Crippen LogP contribution in [0.5, 0.6) is 0 Å². The molecule has 0 saturated heterocycles. The topological polar surface area (TPSA) is 46.2 Å². The Bertz CT molecular complexity index is 160. The van der Waals surface area contributed by atoms with E-state index in [4.69, 9.17) is 5.73 Å². The lowest BCUT2D eigenvalue weighted by Crippen LogP contribution is -2.26. The zero-order valence-corrected chi connectivity index (χ0v) is 7.58. The summed E-state index contributed by atoms with van der Waals surface area (Å²) in [5, 5.41) is 9.73. The maximum atomic E-state index is 9.73. The molecule has 0 aliphatic heterocycles. The van der Waals surface area contributed by atoms with Crippen LogP contribution in [-0.2, 0) is 0 Å². The van der Waals surface area contributed by atoms with E-state index in [1.54, 1.807) is 0 Å². The Morgan fingerprint density at radius 2 is 2.08 bits per heavy atom. The van der Waals surface area contributed by atoms with Gasteiger partial charge in [-0.1, -0.05) is 0 Å². The van der Waals surface area contributed by atoms with Crippen LogP contribution in [0.3, 0.4) is 0 Å². The molecule has 3 N–H and O–H groups in total. The Labute approximate surface area is 74.1 Å². The van der Waals surface area contributed by atoms with Gasteiger partial charge < -0.3 is 10.8 Å². The molecule has 4 unspecified atom stereocenters. The van der Waals surface area contributed by atoms with E-state index in [-0.39, 0.29) is 6.10 Å². The summed E-state index contributed by atoms with van der Waals surface area (Å²) in [6.07, 6.45) is 5.98. The van der Waals surface area contributed by atoms with E-state index in [0.717, 1.165) is 18.3 Å². The second-order valence-electron chi connectivity index (χ2n) is 4.47. The highest BCUT2D eigenvalue weighted by Gasteiger charge is 2.43. The number of aliphatic hydroxyl groups excluding tert-OH is 1. The van der Waals surface area contributed by atoms with Crippen LogP contribution in [0.25, 0.3) is 0 Å². The molecule has 2 rings (SSSR count). The summed E-state index contributed by atoms with van der Waals surface area (Å²) in [6, 6.07) is 0. The van der Waals surface area contributed by atoms with E-state index < -0.39 is 0 Å². The maximum Gasteiger partial charge on any atom is 0.0580 e. The standard InChI is InChI=1S/C10H19NO/c11-4-3-10(12)8-2-1-7-5-9(7)6-8/h7-10,12H,1-6,11H2. The van der Waals surface area contributed by atoms with Gasteiger partial charge in [0.2, 0.25) is 0 Å². The number of aliphatic hydroxyl groups is 1. The van der Waals surface area contributed by atoms with E-state index in [9.17, 15) is 5.11 Å². The predicted molar refractivity (Wildman–Crippen MR) is 48.6 cm³/mol. The van der Waals surface area contributed by atoms with Crippen molar-refractivity contribution in [2.24, 2.45) is 23.5 Å². The van der Waals surface area contributed by atoms with E-state index in [0.29, 0.717) is 12.5 Å². The summed E-state index contributed by atoms with van der Waals surface area (Å²) >= 11 is 0. The highest BCUT2D eigenvalue weighted by Crippen LogP contribution is 2.52. The summed E-state index contributed by atoms with van der Waals surface area (Å²) < 4.78 is 0. The highest BCUT2D eigenvalue weighted by atomic mass is 16.3. The Kier molecular flexibility index (Phi) is 2.37. The monoisotopic (exact) mass is 169 g/mol. The summed E-state index contributed by atoms with van der Waals surface area (Å²) in [4.78, 5) is 0. The number of fused-ring (bicyclic) bond motifs is 1. The maximum absolute atomic E-state index is 9.73. The molecule has 4 atom stereocenters. The number of hydrogen-bond acceptors (Lipinski definition) is 2. The molecule has 0 bridgehead atoms. The number of rotatable bonds is 3. The van der Waals surface area contributed by atoms with E-state index in [2.05, 4.69) is 0 Å². The molecule has 0 aromatic carbocycles. The molecule has 2 nitrogen and oxygen atoms in total. The fourth-order valence-electron chi connectivity index (χ4n) is 2.64. The van der Waals surface area contributed by atoms with Crippen LogP contribution in [0.4, 0.5) is 0 Å². The third kappa shape index (κ3) is 1.64. The Hall–Kier alpha value is -0.0800. The quantitative estimate of drug-likeness (QED) is 0.665. The molecule has 2 heteroatoms. The molecular weight excluding hydrogens is 150 g/mol. The summed E-state index contributed by atoms with van der Waals surface area (Å²) in [5.74, 6) is 2.57. The minimum absolute atomic E-state index is 0.114. The van der Waals surface area contributed by atoms with E-state index >= 15 is 0 Å². The van der Waals surface area contributed by atoms with Crippen molar-refractivity contribution >= 4 is 0 Å². The normalized spacial score (nSPS) is 42.0. The van der Waals surface area contributed by atoms with Crippen LogP contribution in [0, 0.1) is 17.8 Å². The van der Waals surface area contributed by atoms with Gasteiger partial charge in [0.05, 0.1) is 6.10 Å². The minimum Gasteiger partial charge on any atom is -0.393 e. The van der Waals surface area contributed by atoms with Gasteiger partial charge in [0.15, 0.2) is 0 Å². The molecule has 0 amide bonds. The molecule has 2 fully saturated rings. The van der Waals surface area contributed by atoms with Crippen molar-refractivity contribution in [2.45, 2.75) is 38.2 Å². The average Bonchev–Trinajstić information content (AvgIpc) is 2.81. The number of nitrogens with two attached hydrogens (primary N) is 1. The molecule has 0 aromatic rings. The van der Waals surface area contributed by atoms with Crippen molar-refractivity contribution < 1.29 is 5.11 Å². The Morgan fingerprint density at radius 1 is 1.25 bits per heavy atom. The molecule has 0 heterocycles. The second kappa shape index (κ2) is 3.35. The molecular formula is C10H19NO. The number of hydrogen-bond donors (Lipinski definition) is 2. The molecule has 2 aliphatic rings. The van der Waals surface area contributed by atoms with Gasteiger partial charge in [-0.2, -0.15) is 0 Å². The second-order valence-corrected chi connectivity index (χ2v) is 4.47. The van der Waals surface area contributed by atoms with Crippen molar-refractivity contribution in [1.29, 1.82) is 0 Å². The van der Waals surface area contributed by atoms with Gasteiger partial charge in [-0.15, -0.1) is 0 Å². The van der Waals surface area contributed by atoms with Crippen LogP contribution in [-0.4, -0.2) is 17.8 Å². The van der Waals surface area contributed by atoms with Gasteiger partial charge in [-0.3, -0.25) is 0 Å². The van der Waals surface area contributed by atoms with Gasteiger partial charge in [0, 0.05) is 0 Å². The first-order valence-corrected chi connectivity index (χ1v) is 5.19. The lowest BCUT2D eigenvalue weighted by Gasteiger charge is -2.25. The molecule has 0 aromatic heterocycles. The molecule has 12 heavy (non-hydrogen) atoms. The Balaban J connectivity index is 1.79. The van der Waals surface area contributed by atoms with Crippen molar-refractivity contribution in [3.8, 4) is 0 Å². The van der Waals surface area contributed by atoms with Crippen LogP contribution in [0.15, 0.2) is 0 Å². The molecule has 0 spiro atoms. The third-order valence-electron chi connectivity index (χ3n) is 3.59. The fraction of sp³-hybridized carbons (Fsp3) is 1.00. The first kappa shape index (κ1) is 8.52. The first-order chi connectivity index (χ1) is 5.81. The molecule has 0 radical (unpaired) electrons. The molecule has 2 saturated carbocycles. The van der Waals surface area contributed by atoms with Crippen LogP contribution >= 0.6 is 0 Å². The smallest absolute Gasteiger partial charge is 0.0580 e. The third-order valence-corrected chi connectivity index (χ3v) is 3.59. The predicted octanol–water partition coefficient (Wildman–Crippen LogP) is 1.13. The van der Waals surface area contributed by atoms with E-state index in [1.807, 2.05) is 0 Å². The lowest BCUT2D eigenvalue weighted by molar-refractivity contribution is 0.0768. The van der Waals surface area contributed by atoms with E-state index in [1.165, 1.54) is 25.7 Å². The van der Waals surface area contributed by atoms with Gasteiger partial charge in [-0.25, -0.2) is 0 Å². The van der Waals surface area contributed by atoms with Crippen LogP contribution in [0.2, 0.25) is 0 Å². The van der Waals surface area contributed by atoms with Gasteiger partial charge in [-0.05, 0) is 56.4 Å². The van der Waals surface area contributed by atoms with Crippen molar-refractivity contribution in [3.05, 3.63) is 0 Å². The van der Waals surface area contributed by atoms with Gasteiger partial charge in [0.1, 0.15) is 0 Å². The summed E-state index contributed by atoms with van der Waals surface area (Å²) in [6.45, 7) is 0.631. The highest BCUT2D eigenvalue weighted by molar-refractivity contribution is 4.93. The SMILES string of the molecule is NCCC(O)C1CCC2CC2C1. The minimum atomic E-state index is -0.114. The molecule has 2 aliphatic carbocycles. The van der Waals surface area contributed by atoms with Crippen LogP contribution in [0.1, 0.15) is 32.1 Å². The van der Waals surface area contributed by atoms with Crippen molar-refractivity contribution in [3.63, 3.8) is 0 Å². The first-order valence-electron chi connectivity index (χ1n) is 5.19. The average molecular weight is 169 g/mol. The largest absolute Gasteiger partial charge is 0.393 e. The zero-order valence-electron chi connectivity index (χ0n) is 7.58. The van der Waals surface area contributed by atoms with Crippen molar-refractivity contribution in [1.82, 2.24) is 0 Å². The van der Waals surface area contributed by atoms with Crippen LogP contribution < -0.4 is 5.73 Å². The fourth-order valence-corrected chi connectivity index (χ4v) is 2.64. The van der Waals surface area contributed by atoms with Gasteiger partial charge in [0.25, 0.3) is 0 Å². The van der Waals surface area contributed by atoms with Crippen molar-refractivity contribution in [2.75, 3.05) is 6.54 Å². The summed E-state index contributed by atoms with van der Waals surface area (Å²) in [5.41, 5.74) is 5.42.